The predicted octanol–water partition coefficient (Wildman–Crippen LogP) is 0.706. The molecule has 1 amide bonds. The highest BCUT2D eigenvalue weighted by molar-refractivity contribution is 5.79. The summed E-state index contributed by atoms with van der Waals surface area (Å²) in [6, 6.07) is 3.80. The smallest absolute Gasteiger partial charge is 0.227 e. The molecule has 6 nitrogen and oxygen atoms in total. The van der Waals surface area contributed by atoms with Crippen LogP contribution in [0.15, 0.2) is 36.9 Å². The van der Waals surface area contributed by atoms with Gasteiger partial charge in [0.05, 0.1) is 6.42 Å². The van der Waals surface area contributed by atoms with E-state index in [0.29, 0.717) is 6.42 Å². The Morgan fingerprint density at radius 3 is 2.52 bits per heavy atom. The van der Waals surface area contributed by atoms with Crippen LogP contribution in [0.4, 0.5) is 5.95 Å². The van der Waals surface area contributed by atoms with Gasteiger partial charge in [0.15, 0.2) is 0 Å². The molecule has 1 fully saturated rings. The summed E-state index contributed by atoms with van der Waals surface area (Å²) in [4.78, 5) is 24.8. The molecular formula is C15H19N5O. The fourth-order valence-corrected chi connectivity index (χ4v) is 2.56. The van der Waals surface area contributed by atoms with Crippen LogP contribution in [-0.4, -0.2) is 51.5 Å². The number of piperazine rings is 1. The second-order valence-electron chi connectivity index (χ2n) is 5.28. The van der Waals surface area contributed by atoms with E-state index in [1.807, 2.05) is 41.0 Å². The maximum Gasteiger partial charge on any atom is 0.227 e. The Morgan fingerprint density at radius 2 is 1.90 bits per heavy atom. The highest BCUT2D eigenvalue weighted by Crippen LogP contribution is 2.11. The molecule has 2 aromatic heterocycles. The topological polar surface area (TPSA) is 54.3 Å². The molecule has 0 spiro atoms. The van der Waals surface area contributed by atoms with Crippen molar-refractivity contribution in [3.05, 3.63) is 42.5 Å². The quantitative estimate of drug-likeness (QED) is 0.833. The molecule has 0 atom stereocenters. The summed E-state index contributed by atoms with van der Waals surface area (Å²) in [5, 5.41) is 0. The summed E-state index contributed by atoms with van der Waals surface area (Å²) in [5.74, 6) is 0.933. The first-order valence-electron chi connectivity index (χ1n) is 7.13. The number of aryl methyl sites for hydroxylation is 1. The predicted molar refractivity (Wildman–Crippen MR) is 79.9 cm³/mol. The number of hydrogen-bond donors (Lipinski definition) is 0. The largest absolute Gasteiger partial charge is 0.357 e. The van der Waals surface area contributed by atoms with E-state index in [2.05, 4.69) is 14.9 Å². The van der Waals surface area contributed by atoms with E-state index in [0.717, 1.165) is 37.7 Å². The standard InChI is InChI=1S/C15H19N5O/c1-18-6-3-13(12-18)11-14(21)19-7-9-20(10-8-19)15-16-4-2-5-17-15/h2-6,12H,7-11H2,1H3. The van der Waals surface area contributed by atoms with Gasteiger partial charge >= 0.3 is 0 Å². The van der Waals surface area contributed by atoms with Crippen LogP contribution >= 0.6 is 0 Å². The van der Waals surface area contributed by atoms with Crippen molar-refractivity contribution in [3.63, 3.8) is 0 Å². The number of aromatic nitrogens is 3. The maximum absolute atomic E-state index is 12.3. The first-order chi connectivity index (χ1) is 10.2. The lowest BCUT2D eigenvalue weighted by atomic mass is 10.2. The monoisotopic (exact) mass is 285 g/mol. The fraction of sp³-hybridized carbons (Fsp3) is 0.400. The first-order valence-corrected chi connectivity index (χ1v) is 7.13. The first kappa shape index (κ1) is 13.6. The van der Waals surface area contributed by atoms with Crippen molar-refractivity contribution in [2.75, 3.05) is 31.1 Å². The normalized spacial score (nSPS) is 15.3. The average molecular weight is 285 g/mol. The van der Waals surface area contributed by atoms with Gasteiger partial charge in [-0.25, -0.2) is 9.97 Å². The van der Waals surface area contributed by atoms with E-state index < -0.39 is 0 Å². The number of rotatable bonds is 3. The number of nitrogens with zero attached hydrogens (tertiary/aromatic N) is 5. The molecule has 2 aromatic rings. The van der Waals surface area contributed by atoms with Crippen LogP contribution in [0.2, 0.25) is 0 Å². The molecule has 110 valence electrons. The molecule has 0 aromatic carbocycles. The van der Waals surface area contributed by atoms with Crippen molar-refractivity contribution in [1.29, 1.82) is 0 Å². The Hall–Kier alpha value is -2.37. The zero-order valence-electron chi connectivity index (χ0n) is 12.1. The van der Waals surface area contributed by atoms with Crippen LogP contribution in [0.5, 0.6) is 0 Å². The minimum Gasteiger partial charge on any atom is -0.357 e. The molecule has 0 radical (unpaired) electrons. The molecule has 1 aliphatic heterocycles. The minimum absolute atomic E-state index is 0.190. The van der Waals surface area contributed by atoms with Crippen LogP contribution in [0.3, 0.4) is 0 Å². The summed E-state index contributed by atoms with van der Waals surface area (Å²) >= 11 is 0. The van der Waals surface area contributed by atoms with Gasteiger partial charge in [-0.2, -0.15) is 0 Å². The minimum atomic E-state index is 0.190. The summed E-state index contributed by atoms with van der Waals surface area (Å²) in [6.45, 7) is 3.02. The molecular weight excluding hydrogens is 266 g/mol. The van der Waals surface area contributed by atoms with E-state index in [9.17, 15) is 4.79 Å². The fourth-order valence-electron chi connectivity index (χ4n) is 2.56. The molecule has 0 bridgehead atoms. The van der Waals surface area contributed by atoms with E-state index in [1.54, 1.807) is 12.4 Å². The van der Waals surface area contributed by atoms with Gasteiger partial charge in [-0.1, -0.05) is 0 Å². The van der Waals surface area contributed by atoms with Gasteiger partial charge in [-0.05, 0) is 17.7 Å². The van der Waals surface area contributed by atoms with Crippen LogP contribution in [-0.2, 0) is 18.3 Å². The third kappa shape index (κ3) is 3.21. The molecule has 0 unspecified atom stereocenters. The van der Waals surface area contributed by atoms with E-state index in [-0.39, 0.29) is 5.91 Å². The Bertz CT molecular complexity index is 602. The molecule has 6 heteroatoms. The molecule has 0 aliphatic carbocycles. The van der Waals surface area contributed by atoms with Crippen LogP contribution in [0.1, 0.15) is 5.56 Å². The van der Waals surface area contributed by atoms with Gasteiger partial charge < -0.3 is 14.4 Å². The van der Waals surface area contributed by atoms with Crippen molar-refractivity contribution in [3.8, 4) is 0 Å². The van der Waals surface area contributed by atoms with Crippen molar-refractivity contribution >= 4 is 11.9 Å². The van der Waals surface area contributed by atoms with Crippen molar-refractivity contribution in [2.24, 2.45) is 7.05 Å². The average Bonchev–Trinajstić information content (AvgIpc) is 2.93. The second-order valence-corrected chi connectivity index (χ2v) is 5.28. The van der Waals surface area contributed by atoms with E-state index in [4.69, 9.17) is 0 Å². The summed E-state index contributed by atoms with van der Waals surface area (Å²) in [7, 11) is 1.96. The molecule has 21 heavy (non-hydrogen) atoms. The van der Waals surface area contributed by atoms with Crippen LogP contribution in [0, 0.1) is 0 Å². The number of amides is 1. The molecule has 0 saturated carbocycles. The summed E-state index contributed by atoms with van der Waals surface area (Å²) in [6.07, 6.45) is 7.92. The van der Waals surface area contributed by atoms with Gasteiger partial charge in [0, 0.05) is 58.0 Å². The van der Waals surface area contributed by atoms with Gasteiger partial charge in [0.2, 0.25) is 11.9 Å². The number of anilines is 1. The Morgan fingerprint density at radius 1 is 1.19 bits per heavy atom. The van der Waals surface area contributed by atoms with E-state index in [1.165, 1.54) is 0 Å². The lowest BCUT2D eigenvalue weighted by molar-refractivity contribution is -0.130. The Kier molecular flexibility index (Phi) is 3.85. The number of carbonyl (C=O) groups is 1. The lowest BCUT2D eigenvalue weighted by Crippen LogP contribution is -2.49. The summed E-state index contributed by atoms with van der Waals surface area (Å²) in [5.41, 5.74) is 1.07. The van der Waals surface area contributed by atoms with Gasteiger partial charge in [0.25, 0.3) is 0 Å². The van der Waals surface area contributed by atoms with Gasteiger partial charge in [-0.15, -0.1) is 0 Å². The van der Waals surface area contributed by atoms with Crippen molar-refractivity contribution in [1.82, 2.24) is 19.4 Å². The zero-order chi connectivity index (χ0) is 14.7. The molecule has 3 rings (SSSR count). The number of carbonyl (C=O) groups excluding carboxylic acids is 1. The third-order valence-corrected chi connectivity index (χ3v) is 3.72. The van der Waals surface area contributed by atoms with Crippen molar-refractivity contribution in [2.45, 2.75) is 6.42 Å². The van der Waals surface area contributed by atoms with Gasteiger partial charge in [-0.3, -0.25) is 4.79 Å². The molecule has 1 aliphatic rings. The zero-order valence-corrected chi connectivity index (χ0v) is 12.1. The molecule has 0 N–H and O–H groups in total. The maximum atomic E-state index is 12.3. The summed E-state index contributed by atoms with van der Waals surface area (Å²) < 4.78 is 1.97. The SMILES string of the molecule is Cn1ccc(CC(=O)N2CCN(c3ncccn3)CC2)c1. The highest BCUT2D eigenvalue weighted by Gasteiger charge is 2.22. The highest BCUT2D eigenvalue weighted by atomic mass is 16.2. The molecule has 1 saturated heterocycles. The van der Waals surface area contributed by atoms with E-state index >= 15 is 0 Å². The molecule has 3 heterocycles. The second kappa shape index (κ2) is 5.95. The van der Waals surface area contributed by atoms with Crippen molar-refractivity contribution < 1.29 is 4.79 Å². The Balaban J connectivity index is 1.54. The Labute approximate surface area is 124 Å². The van der Waals surface area contributed by atoms with Gasteiger partial charge in [0.1, 0.15) is 0 Å². The third-order valence-electron chi connectivity index (χ3n) is 3.72. The lowest BCUT2D eigenvalue weighted by Gasteiger charge is -2.34. The van der Waals surface area contributed by atoms with Crippen LogP contribution in [0.25, 0.3) is 0 Å². The van der Waals surface area contributed by atoms with Crippen LogP contribution < -0.4 is 4.90 Å². The number of hydrogen-bond acceptors (Lipinski definition) is 4.